The van der Waals surface area contributed by atoms with Crippen molar-refractivity contribution in [1.82, 2.24) is 0 Å². The Kier molecular flexibility index (Phi) is 5.52. The molecule has 0 radical (unpaired) electrons. The average Bonchev–Trinajstić information content (AvgIpc) is 1.98. The second-order valence-corrected chi connectivity index (χ2v) is 3.52. The minimum Gasteiger partial charge on any atom is -0.396 e. The molecule has 0 aromatic rings. The van der Waals surface area contributed by atoms with Gasteiger partial charge in [-0.05, 0) is 12.8 Å². The van der Waals surface area contributed by atoms with E-state index < -0.39 is 22.8 Å². The topological polar surface area (TPSA) is 57.5 Å². The van der Waals surface area contributed by atoms with Gasteiger partial charge in [0.1, 0.15) is 0 Å². The molecular formula is C6H12F2O3S. The predicted molar refractivity (Wildman–Crippen MR) is 41.3 cm³/mol. The number of alkyl halides is 2. The van der Waals surface area contributed by atoms with Crippen LogP contribution in [0.5, 0.6) is 0 Å². The molecule has 0 amide bonds. The van der Waals surface area contributed by atoms with Crippen LogP contribution in [0, 0.1) is 0 Å². The summed E-state index contributed by atoms with van der Waals surface area (Å²) in [6.45, 7) is -0.0339. The number of unbranched alkanes of at least 4 members (excludes halogenated alkanes) is 2. The van der Waals surface area contributed by atoms with Crippen molar-refractivity contribution in [2.75, 3.05) is 6.61 Å². The van der Waals surface area contributed by atoms with Crippen LogP contribution in [0.25, 0.3) is 0 Å². The molecule has 74 valence electrons. The maximum atomic E-state index is 12.4. The highest BCUT2D eigenvalue weighted by Crippen LogP contribution is 2.24. The number of aliphatic hydroxyl groups is 1. The molecule has 0 saturated heterocycles. The summed E-state index contributed by atoms with van der Waals surface area (Å²) in [5.41, 5.74) is 0. The lowest BCUT2D eigenvalue weighted by Crippen LogP contribution is -2.22. The van der Waals surface area contributed by atoms with Gasteiger partial charge < -0.3 is 9.66 Å². The van der Waals surface area contributed by atoms with E-state index in [0.29, 0.717) is 12.8 Å². The Morgan fingerprint density at radius 3 is 2.25 bits per heavy atom. The molecule has 0 spiro atoms. The first-order chi connectivity index (χ1) is 5.50. The molecule has 0 fully saturated rings. The second-order valence-electron chi connectivity index (χ2n) is 2.42. The largest absolute Gasteiger partial charge is 0.396 e. The maximum absolute atomic E-state index is 12.4. The first-order valence-electron chi connectivity index (χ1n) is 3.60. The number of hydrogen-bond acceptors (Lipinski definition) is 2. The van der Waals surface area contributed by atoms with Crippen LogP contribution in [-0.2, 0) is 11.1 Å². The number of aliphatic hydroxyl groups excluding tert-OH is 1. The van der Waals surface area contributed by atoms with E-state index in [1.54, 1.807) is 0 Å². The van der Waals surface area contributed by atoms with Crippen LogP contribution in [0.4, 0.5) is 8.78 Å². The third-order valence-electron chi connectivity index (χ3n) is 1.38. The van der Waals surface area contributed by atoms with Crippen molar-refractivity contribution in [3.05, 3.63) is 0 Å². The molecule has 3 nitrogen and oxygen atoms in total. The summed E-state index contributed by atoms with van der Waals surface area (Å²) in [6.07, 6.45) is 0.452. The van der Waals surface area contributed by atoms with Crippen LogP contribution in [-0.4, -0.2) is 25.7 Å². The van der Waals surface area contributed by atoms with Gasteiger partial charge in [-0.2, -0.15) is 8.78 Å². The molecule has 6 heteroatoms. The van der Waals surface area contributed by atoms with Gasteiger partial charge in [0.15, 0.2) is 0 Å². The summed E-state index contributed by atoms with van der Waals surface area (Å²) in [5.74, 6) is 0. The van der Waals surface area contributed by atoms with E-state index in [2.05, 4.69) is 0 Å². The van der Waals surface area contributed by atoms with Gasteiger partial charge in [-0.1, -0.05) is 6.42 Å². The molecule has 1 atom stereocenters. The zero-order valence-corrected chi connectivity index (χ0v) is 7.32. The molecule has 0 aromatic carbocycles. The van der Waals surface area contributed by atoms with Crippen molar-refractivity contribution >= 4 is 11.1 Å². The Labute approximate surface area is 72.1 Å². The first kappa shape index (κ1) is 11.9. The van der Waals surface area contributed by atoms with Gasteiger partial charge in [-0.25, -0.2) is 4.21 Å². The van der Waals surface area contributed by atoms with Crippen molar-refractivity contribution in [3.8, 4) is 0 Å². The Morgan fingerprint density at radius 1 is 1.25 bits per heavy atom. The molecule has 0 heterocycles. The summed E-state index contributed by atoms with van der Waals surface area (Å²) in [6, 6.07) is 0. The number of halogens is 2. The fourth-order valence-corrected chi connectivity index (χ4v) is 1.03. The molecular weight excluding hydrogens is 190 g/mol. The molecule has 0 bridgehead atoms. The highest BCUT2D eigenvalue weighted by Gasteiger charge is 2.35. The normalized spacial score (nSPS) is 14.7. The molecule has 0 aliphatic carbocycles. The van der Waals surface area contributed by atoms with E-state index in [-0.39, 0.29) is 13.0 Å². The van der Waals surface area contributed by atoms with Gasteiger partial charge in [-0.3, -0.25) is 0 Å². The lowest BCUT2D eigenvalue weighted by atomic mass is 10.2. The summed E-state index contributed by atoms with van der Waals surface area (Å²) in [4.78, 5) is 0. The van der Waals surface area contributed by atoms with Crippen LogP contribution >= 0.6 is 0 Å². The van der Waals surface area contributed by atoms with E-state index in [4.69, 9.17) is 9.66 Å². The number of hydrogen-bond donors (Lipinski definition) is 2. The minimum absolute atomic E-state index is 0.0339. The lowest BCUT2D eigenvalue weighted by molar-refractivity contribution is 0.0766. The second kappa shape index (κ2) is 5.55. The van der Waals surface area contributed by atoms with Crippen LogP contribution in [0.1, 0.15) is 25.7 Å². The monoisotopic (exact) mass is 202 g/mol. The zero-order chi connectivity index (χ0) is 9.61. The van der Waals surface area contributed by atoms with Gasteiger partial charge in [0.25, 0.3) is 0 Å². The smallest absolute Gasteiger partial charge is 0.345 e. The Bertz CT molecular complexity index is 152. The van der Waals surface area contributed by atoms with Crippen molar-refractivity contribution < 1.29 is 22.6 Å². The van der Waals surface area contributed by atoms with Crippen molar-refractivity contribution in [1.29, 1.82) is 0 Å². The molecule has 0 aliphatic heterocycles. The standard InChI is InChI=1S/C6H12F2O3S/c7-6(8,12(10)11)4-2-1-3-5-9/h9H,1-5H2,(H,10,11). The highest BCUT2D eigenvalue weighted by molar-refractivity contribution is 7.80. The molecule has 0 saturated carbocycles. The van der Waals surface area contributed by atoms with E-state index in [1.165, 1.54) is 0 Å². The van der Waals surface area contributed by atoms with E-state index in [1.807, 2.05) is 0 Å². The molecule has 2 N–H and O–H groups in total. The molecule has 12 heavy (non-hydrogen) atoms. The van der Waals surface area contributed by atoms with Gasteiger partial charge in [0, 0.05) is 13.0 Å². The lowest BCUT2D eigenvalue weighted by Gasteiger charge is -2.10. The van der Waals surface area contributed by atoms with Crippen molar-refractivity contribution in [3.63, 3.8) is 0 Å². The van der Waals surface area contributed by atoms with Gasteiger partial charge in [0.2, 0.25) is 11.1 Å². The quantitative estimate of drug-likeness (QED) is 0.505. The van der Waals surface area contributed by atoms with Crippen molar-refractivity contribution in [2.45, 2.75) is 30.9 Å². The maximum Gasteiger partial charge on any atom is 0.345 e. The Morgan fingerprint density at radius 2 is 1.83 bits per heavy atom. The third-order valence-corrected chi connectivity index (χ3v) is 2.10. The average molecular weight is 202 g/mol. The Balaban J connectivity index is 3.54. The summed E-state index contributed by atoms with van der Waals surface area (Å²) in [7, 11) is 0. The van der Waals surface area contributed by atoms with Crippen LogP contribution in [0.3, 0.4) is 0 Å². The van der Waals surface area contributed by atoms with E-state index in [0.717, 1.165) is 0 Å². The third kappa shape index (κ3) is 4.74. The van der Waals surface area contributed by atoms with Crippen LogP contribution in [0.2, 0.25) is 0 Å². The van der Waals surface area contributed by atoms with Gasteiger partial charge in [-0.15, -0.1) is 0 Å². The number of rotatable bonds is 6. The SMILES string of the molecule is O=S(O)C(F)(F)CCCCCO. The van der Waals surface area contributed by atoms with Crippen molar-refractivity contribution in [2.24, 2.45) is 0 Å². The molecule has 0 rings (SSSR count). The summed E-state index contributed by atoms with van der Waals surface area (Å²) in [5, 5.41) is 4.80. The van der Waals surface area contributed by atoms with E-state index >= 15 is 0 Å². The highest BCUT2D eigenvalue weighted by atomic mass is 32.2. The first-order valence-corrected chi connectivity index (χ1v) is 4.71. The molecule has 1 unspecified atom stereocenters. The van der Waals surface area contributed by atoms with Gasteiger partial charge >= 0.3 is 5.25 Å². The van der Waals surface area contributed by atoms with Crippen LogP contribution in [0.15, 0.2) is 0 Å². The predicted octanol–water partition coefficient (Wildman–Crippen LogP) is 1.35. The summed E-state index contributed by atoms with van der Waals surface area (Å²) < 4.78 is 42.8. The van der Waals surface area contributed by atoms with Crippen LogP contribution < -0.4 is 0 Å². The molecule has 0 aliphatic rings. The fraction of sp³-hybridized carbons (Fsp3) is 1.00. The zero-order valence-electron chi connectivity index (χ0n) is 6.50. The summed E-state index contributed by atoms with van der Waals surface area (Å²) >= 11 is -3.08. The fourth-order valence-electron chi connectivity index (χ4n) is 0.707. The van der Waals surface area contributed by atoms with Gasteiger partial charge in [0.05, 0.1) is 0 Å². The van der Waals surface area contributed by atoms with E-state index in [9.17, 15) is 13.0 Å². The Hall–Kier alpha value is -0.0700. The minimum atomic E-state index is -3.50. The molecule has 0 aromatic heterocycles.